The van der Waals surface area contributed by atoms with Gasteiger partial charge in [-0.2, -0.15) is 26.3 Å². The van der Waals surface area contributed by atoms with E-state index in [1.54, 1.807) is 17.0 Å². The minimum atomic E-state index is -5.08. The molecule has 15 nitrogen and oxygen atoms in total. The van der Waals surface area contributed by atoms with E-state index in [2.05, 4.69) is 45.5 Å². The van der Waals surface area contributed by atoms with E-state index in [0.29, 0.717) is 50.8 Å². The van der Waals surface area contributed by atoms with E-state index in [-0.39, 0.29) is 66.2 Å². The zero-order valence-corrected chi connectivity index (χ0v) is 46.3. The third kappa shape index (κ3) is 14.3. The Kier molecular flexibility index (Phi) is 19.4. The van der Waals surface area contributed by atoms with Crippen LogP contribution in [0.5, 0.6) is 0 Å². The molecule has 0 radical (unpaired) electrons. The maximum absolute atomic E-state index is 12.5. The van der Waals surface area contributed by atoms with E-state index in [9.17, 15) is 55.1 Å². The van der Waals surface area contributed by atoms with Crippen LogP contribution >= 0.6 is 0 Å². The molecule has 0 bridgehead atoms. The van der Waals surface area contributed by atoms with Gasteiger partial charge < -0.3 is 40.9 Å². The number of hydrogen-bond donors (Lipinski definition) is 5. The monoisotopic (exact) mass is 1160 g/mol. The molecule has 21 heteroatoms. The number of piperidine rings is 4. The lowest BCUT2D eigenvalue weighted by Crippen LogP contribution is -2.51. The van der Waals surface area contributed by atoms with Crippen molar-refractivity contribution < 1.29 is 69.7 Å². The SMILES string of the molecule is C.CC(C)(C)OC(=O)N1CCC2(CC1)CC(=O)c1ccccc12.O=C(O)C(F)(F)F.O=C1CC2(CCN(C(=O)C(F)(F)F)CC2)c2ccccc21.O=C1CC2(CCNCC2)c2ccccc2N1.O=C1NCC2(CCNCC2)c2ccccc21. The Bertz CT molecular complexity index is 3040. The number of rotatable bonds is 0. The second-order valence-corrected chi connectivity index (χ2v) is 23.5. The molecule has 4 amide bonds. The molecule has 448 valence electrons. The molecule has 2 aliphatic carbocycles. The molecule has 4 spiro atoms. The van der Waals surface area contributed by atoms with Gasteiger partial charge in [0.15, 0.2) is 11.6 Å². The van der Waals surface area contributed by atoms with Crippen LogP contribution in [0.2, 0.25) is 0 Å². The number of carbonyl (C=O) groups is 7. The van der Waals surface area contributed by atoms with Crippen molar-refractivity contribution in [2.45, 2.75) is 138 Å². The van der Waals surface area contributed by atoms with Crippen molar-refractivity contribution in [2.24, 2.45) is 0 Å². The third-order valence-corrected chi connectivity index (χ3v) is 17.2. The molecule has 0 atom stereocenters. The number of alkyl halides is 6. The van der Waals surface area contributed by atoms with Gasteiger partial charge in [-0.3, -0.25) is 24.0 Å². The van der Waals surface area contributed by atoms with Crippen molar-refractivity contribution in [1.82, 2.24) is 25.8 Å². The molecule has 12 rings (SSSR count). The number of carboxylic acids is 1. The fourth-order valence-electron chi connectivity index (χ4n) is 13.0. The second-order valence-electron chi connectivity index (χ2n) is 23.5. The number of aliphatic carboxylic acids is 1. The van der Waals surface area contributed by atoms with Gasteiger partial charge in [0.25, 0.3) is 5.91 Å². The standard InChI is InChI=1S/C18H23NO3.C15H14F3NO2.2C13H16N2O.C2HF3O2.CH4/c1-17(2,3)22-16(21)19-10-8-18(9-11-19)12-15(20)13-6-4-5-7-14(13)18;16-15(17,18)13(21)19-7-5-14(6-8-19)9-12(20)10-3-1-2-4-11(10)14;16-12-10-3-1-2-4-11(10)13(9-15-12)5-7-14-8-6-13;16-12-9-13(5-7-14-8-6-13)10-3-1-2-4-11(10)15-12;3-2(4,5)1(6)7;/h4-7H,8-12H2,1-3H3;1-4H,5-9H2;2*1-4,14H,5-9H2,(H,15,16);(H,6,7);1H4. The molecule has 0 unspecified atom stereocenters. The highest BCUT2D eigenvalue weighted by Gasteiger charge is 2.50. The number of ether oxygens (including phenoxy) is 1. The molecule has 5 N–H and O–H groups in total. The first kappa shape index (κ1) is 63.5. The summed E-state index contributed by atoms with van der Waals surface area (Å²) in [6, 6.07) is 31.5. The molecule has 83 heavy (non-hydrogen) atoms. The molecule has 4 fully saturated rings. The molecular formula is C62H74F6N6O9. The Hall–Kier alpha value is -7.13. The van der Waals surface area contributed by atoms with Crippen LogP contribution in [-0.4, -0.2) is 133 Å². The largest absolute Gasteiger partial charge is 0.490 e. The first-order valence-electron chi connectivity index (χ1n) is 27.8. The van der Waals surface area contributed by atoms with E-state index >= 15 is 0 Å². The van der Waals surface area contributed by atoms with Crippen molar-refractivity contribution in [3.05, 3.63) is 136 Å². The van der Waals surface area contributed by atoms with E-state index in [1.165, 1.54) is 16.7 Å². The van der Waals surface area contributed by atoms with Gasteiger partial charge >= 0.3 is 30.3 Å². The van der Waals surface area contributed by atoms with E-state index in [0.717, 1.165) is 98.5 Å². The van der Waals surface area contributed by atoms with Crippen molar-refractivity contribution in [2.75, 3.05) is 64.2 Å². The van der Waals surface area contributed by atoms with Crippen molar-refractivity contribution >= 4 is 47.0 Å². The number of hydrogen-bond acceptors (Lipinski definition) is 10. The van der Waals surface area contributed by atoms with Crippen LogP contribution in [0.15, 0.2) is 97.1 Å². The van der Waals surface area contributed by atoms with Crippen LogP contribution in [0.3, 0.4) is 0 Å². The highest BCUT2D eigenvalue weighted by molar-refractivity contribution is 6.03. The molecular weight excluding hydrogens is 1090 g/mol. The van der Waals surface area contributed by atoms with Crippen LogP contribution in [0.25, 0.3) is 0 Å². The summed E-state index contributed by atoms with van der Waals surface area (Å²) in [6.45, 7) is 11.9. The van der Waals surface area contributed by atoms with Gasteiger partial charge in [0.1, 0.15) is 5.60 Å². The summed E-state index contributed by atoms with van der Waals surface area (Å²) in [5.74, 6) is -4.01. The van der Waals surface area contributed by atoms with Crippen LogP contribution < -0.4 is 21.3 Å². The predicted molar refractivity (Wildman–Crippen MR) is 299 cm³/mol. The summed E-state index contributed by atoms with van der Waals surface area (Å²) in [5.41, 5.74) is 7.43. The number of amides is 4. The molecule has 0 saturated carbocycles. The molecule has 6 heterocycles. The molecule has 8 aliphatic rings. The fourth-order valence-corrected chi connectivity index (χ4v) is 13.0. The number of Topliss-reactive ketones (excluding diaryl/α,β-unsaturated/α-hetero) is 2. The molecule has 0 aromatic heterocycles. The van der Waals surface area contributed by atoms with Gasteiger partial charge in [-0.1, -0.05) is 92.4 Å². The van der Waals surface area contributed by atoms with E-state index in [1.807, 2.05) is 81.4 Å². The minimum absolute atomic E-state index is 0. The number of benzene rings is 4. The first-order chi connectivity index (χ1) is 38.7. The van der Waals surface area contributed by atoms with E-state index < -0.39 is 35.2 Å². The number of halogens is 6. The average molecular weight is 1160 g/mol. The molecule has 4 aromatic rings. The summed E-state index contributed by atoms with van der Waals surface area (Å²) in [4.78, 5) is 82.8. The summed E-state index contributed by atoms with van der Waals surface area (Å²) in [7, 11) is 0. The summed E-state index contributed by atoms with van der Waals surface area (Å²) in [5, 5.41) is 19.9. The normalized spacial score (nSPS) is 20.3. The van der Waals surface area contributed by atoms with Crippen molar-refractivity contribution in [3.63, 3.8) is 0 Å². The van der Waals surface area contributed by atoms with Crippen molar-refractivity contribution in [3.8, 4) is 0 Å². The smallest absolute Gasteiger partial charge is 0.475 e. The number of ketones is 2. The lowest BCUT2D eigenvalue weighted by atomic mass is 9.68. The van der Waals surface area contributed by atoms with Gasteiger partial charge in [0, 0.05) is 96.0 Å². The zero-order valence-electron chi connectivity index (χ0n) is 46.3. The number of fused-ring (bicyclic) bond motifs is 8. The number of likely N-dealkylation sites (tertiary alicyclic amines) is 2. The highest BCUT2D eigenvalue weighted by Crippen LogP contribution is 2.48. The van der Waals surface area contributed by atoms with Crippen LogP contribution in [0.1, 0.15) is 152 Å². The first-order valence-corrected chi connectivity index (χ1v) is 27.8. The molecule has 4 aromatic carbocycles. The van der Waals surface area contributed by atoms with Crippen LogP contribution in [0.4, 0.5) is 36.8 Å². The van der Waals surface area contributed by atoms with E-state index in [4.69, 9.17) is 14.6 Å². The Morgan fingerprint density at radius 3 is 1.35 bits per heavy atom. The minimum Gasteiger partial charge on any atom is -0.475 e. The summed E-state index contributed by atoms with van der Waals surface area (Å²) in [6.07, 6.45) is -1.78. The quantitative estimate of drug-likeness (QED) is 0.105. The van der Waals surface area contributed by atoms with Crippen LogP contribution in [-0.2, 0) is 40.8 Å². The molecule has 4 saturated heterocycles. The lowest BCUT2D eigenvalue weighted by molar-refractivity contribution is -0.192. The lowest BCUT2D eigenvalue weighted by Gasteiger charge is -2.42. The Balaban J connectivity index is 0.000000154. The third-order valence-electron chi connectivity index (χ3n) is 17.2. The topological polar surface area (TPSA) is 204 Å². The highest BCUT2D eigenvalue weighted by atomic mass is 19.4. The van der Waals surface area contributed by atoms with Gasteiger partial charge in [0.2, 0.25) is 5.91 Å². The Morgan fingerprint density at radius 2 is 0.904 bits per heavy atom. The maximum atomic E-state index is 12.5. The summed E-state index contributed by atoms with van der Waals surface area (Å²) >= 11 is 0. The van der Waals surface area contributed by atoms with Crippen LogP contribution in [0, 0.1) is 0 Å². The zero-order chi connectivity index (χ0) is 59.3. The number of carboxylic acid groups (broad SMARTS) is 1. The van der Waals surface area contributed by atoms with Gasteiger partial charge in [-0.25, -0.2) is 9.59 Å². The second kappa shape index (κ2) is 25.4. The molecule has 6 aliphatic heterocycles. The van der Waals surface area contributed by atoms with Crippen molar-refractivity contribution in [1.29, 1.82) is 0 Å². The number of para-hydroxylation sites is 1. The summed E-state index contributed by atoms with van der Waals surface area (Å²) < 4.78 is 74.5. The fraction of sp³-hybridized carbons (Fsp3) is 0.500. The van der Waals surface area contributed by atoms with Gasteiger partial charge in [0.05, 0.1) is 0 Å². The maximum Gasteiger partial charge on any atom is 0.490 e. The number of nitrogens with zero attached hydrogens (tertiary/aromatic N) is 2. The average Bonchev–Trinajstić information content (AvgIpc) is 2.70. The Labute approximate surface area is 479 Å². The number of carbonyl (C=O) groups excluding carboxylic acids is 6. The van der Waals surface area contributed by atoms with Gasteiger partial charge in [-0.05, 0) is 133 Å². The van der Waals surface area contributed by atoms with Gasteiger partial charge in [-0.15, -0.1) is 0 Å². The predicted octanol–water partition coefficient (Wildman–Crippen LogP) is 10.2. The number of anilines is 1. The number of nitrogens with one attached hydrogen (secondary N) is 4. The Morgan fingerprint density at radius 1 is 0.518 bits per heavy atom.